The molecule has 1 heterocycles. The number of aldehydes is 1. The lowest BCUT2D eigenvalue weighted by Crippen LogP contribution is -2.43. The predicted molar refractivity (Wildman–Crippen MR) is 70.9 cm³/mol. The summed E-state index contributed by atoms with van der Waals surface area (Å²) >= 11 is 0. The number of carbonyl (C=O) groups is 3. The van der Waals surface area contributed by atoms with Crippen LogP contribution in [-0.4, -0.2) is 40.9 Å². The Balaban J connectivity index is 2.35. The van der Waals surface area contributed by atoms with Gasteiger partial charge in [-0.15, -0.1) is 0 Å². The van der Waals surface area contributed by atoms with E-state index in [1.54, 1.807) is 0 Å². The molecule has 0 aliphatic carbocycles. The summed E-state index contributed by atoms with van der Waals surface area (Å²) in [4.78, 5) is 33.0. The summed E-state index contributed by atoms with van der Waals surface area (Å²) in [6.07, 6.45) is 4.74. The Morgan fingerprint density at radius 2 is 2.20 bits per heavy atom. The summed E-state index contributed by atoms with van der Waals surface area (Å²) in [5, 5.41) is 23.7. The molecule has 1 unspecified atom stereocenters. The van der Waals surface area contributed by atoms with E-state index in [2.05, 4.69) is 5.32 Å². The molecule has 0 spiro atoms. The van der Waals surface area contributed by atoms with Gasteiger partial charge in [0.15, 0.2) is 5.70 Å². The fraction of sp³-hybridized carbons (Fsp3) is 0.462. The summed E-state index contributed by atoms with van der Waals surface area (Å²) in [5.41, 5.74) is 0.188. The van der Waals surface area contributed by atoms with Crippen molar-refractivity contribution in [2.75, 3.05) is 13.1 Å². The van der Waals surface area contributed by atoms with Gasteiger partial charge >= 0.3 is 5.91 Å². The number of amides is 2. The van der Waals surface area contributed by atoms with Crippen molar-refractivity contribution in [2.45, 2.75) is 25.7 Å². The summed E-state index contributed by atoms with van der Waals surface area (Å²) < 4.78 is -1.09. The Morgan fingerprint density at radius 3 is 2.85 bits per heavy atom. The van der Waals surface area contributed by atoms with Crippen LogP contribution < -0.4 is 5.32 Å². The van der Waals surface area contributed by atoms with Crippen molar-refractivity contribution in [1.82, 2.24) is 5.32 Å². The summed E-state index contributed by atoms with van der Waals surface area (Å²) in [7, 11) is 0. The number of likely N-dealkylation sites (tertiary alicyclic amines) is 1. The normalized spacial score (nSPS) is 24.1. The molecule has 20 heavy (non-hydrogen) atoms. The standard InChI is InChI=1S/C13H18N2O5/c16-9-3-5-12(18)14-7-1-6-13(19)15(20)8-2-4-11(15)10-17/h3,5,9-10,17H,1-2,4,6-8H2,(H,14,18)/b5-3-,11-10-. The highest BCUT2D eigenvalue weighted by Gasteiger charge is 2.36. The number of rotatable bonds is 6. The Bertz CT molecular complexity index is 444. The van der Waals surface area contributed by atoms with Gasteiger partial charge in [0, 0.05) is 25.5 Å². The highest BCUT2D eigenvalue weighted by atomic mass is 16.6. The average Bonchev–Trinajstić information content (AvgIpc) is 2.83. The van der Waals surface area contributed by atoms with E-state index in [1.807, 2.05) is 0 Å². The monoisotopic (exact) mass is 282 g/mol. The smallest absolute Gasteiger partial charge is 0.318 e. The second-order valence-corrected chi connectivity index (χ2v) is 4.47. The zero-order valence-corrected chi connectivity index (χ0v) is 11.1. The first-order chi connectivity index (χ1) is 9.54. The first kappa shape index (κ1) is 16.1. The zero-order chi connectivity index (χ0) is 15.0. The van der Waals surface area contributed by atoms with Gasteiger partial charge in [-0.3, -0.25) is 14.2 Å². The molecule has 0 saturated carbocycles. The van der Waals surface area contributed by atoms with Crippen molar-refractivity contribution in [3.63, 3.8) is 0 Å². The molecule has 1 fully saturated rings. The van der Waals surface area contributed by atoms with Gasteiger partial charge in [-0.05, 0) is 12.5 Å². The number of quaternary nitrogens is 1. The molecule has 1 saturated heterocycles. The molecule has 1 aliphatic rings. The van der Waals surface area contributed by atoms with Crippen LogP contribution in [0.3, 0.4) is 0 Å². The van der Waals surface area contributed by atoms with Crippen LogP contribution in [0.25, 0.3) is 0 Å². The molecule has 1 aliphatic heterocycles. The highest BCUT2D eigenvalue weighted by molar-refractivity contribution is 5.90. The lowest BCUT2D eigenvalue weighted by Gasteiger charge is -2.35. The summed E-state index contributed by atoms with van der Waals surface area (Å²) in [6, 6.07) is 0. The van der Waals surface area contributed by atoms with Crippen molar-refractivity contribution in [2.24, 2.45) is 0 Å². The van der Waals surface area contributed by atoms with Crippen LogP contribution in [0, 0.1) is 5.21 Å². The molecule has 0 aromatic heterocycles. The maximum Gasteiger partial charge on any atom is 0.318 e. The van der Waals surface area contributed by atoms with Crippen LogP contribution in [0.2, 0.25) is 0 Å². The number of hydrogen-bond donors (Lipinski definition) is 2. The van der Waals surface area contributed by atoms with Crippen molar-refractivity contribution in [1.29, 1.82) is 0 Å². The zero-order valence-electron chi connectivity index (χ0n) is 11.1. The van der Waals surface area contributed by atoms with E-state index in [1.165, 1.54) is 0 Å². The second-order valence-electron chi connectivity index (χ2n) is 4.47. The van der Waals surface area contributed by atoms with Crippen molar-refractivity contribution in [3.05, 3.63) is 29.3 Å². The van der Waals surface area contributed by atoms with Crippen LogP contribution >= 0.6 is 0 Å². The third-order valence-corrected chi connectivity index (χ3v) is 3.11. The van der Waals surface area contributed by atoms with Crippen LogP contribution in [0.1, 0.15) is 25.7 Å². The second kappa shape index (κ2) is 7.56. The van der Waals surface area contributed by atoms with E-state index < -0.39 is 16.5 Å². The van der Waals surface area contributed by atoms with E-state index in [-0.39, 0.29) is 25.2 Å². The predicted octanol–water partition coefficient (Wildman–Crippen LogP) is 0.672. The van der Waals surface area contributed by atoms with Crippen LogP contribution in [0.4, 0.5) is 0 Å². The number of allylic oxidation sites excluding steroid dienone is 2. The number of aliphatic hydroxyl groups is 1. The molecule has 0 bridgehead atoms. The van der Waals surface area contributed by atoms with E-state index in [0.717, 1.165) is 18.4 Å². The summed E-state index contributed by atoms with van der Waals surface area (Å²) in [5.74, 6) is -0.937. The van der Waals surface area contributed by atoms with Gasteiger partial charge in [0.25, 0.3) is 0 Å². The molecule has 2 amide bonds. The molecule has 0 aromatic rings. The van der Waals surface area contributed by atoms with Gasteiger partial charge in [-0.1, -0.05) is 0 Å². The molecule has 0 aromatic carbocycles. The van der Waals surface area contributed by atoms with Gasteiger partial charge in [0.2, 0.25) is 5.91 Å². The van der Waals surface area contributed by atoms with Crippen LogP contribution in [-0.2, 0) is 14.4 Å². The van der Waals surface area contributed by atoms with Gasteiger partial charge in [0.05, 0.1) is 13.0 Å². The number of hydrogen-bond acceptors (Lipinski definition) is 5. The maximum atomic E-state index is 12.3. The lowest BCUT2D eigenvalue weighted by molar-refractivity contribution is -0.754. The minimum atomic E-state index is -1.09. The molecule has 2 N–H and O–H groups in total. The Hall–Kier alpha value is -1.99. The third-order valence-electron chi connectivity index (χ3n) is 3.11. The Kier molecular flexibility index (Phi) is 6.08. The minimum absolute atomic E-state index is 0.0263. The SMILES string of the molecule is O=C/C=C\C(=O)NCCCC(=O)[N+]1([O-])CCC/C1=C/O. The number of nitrogens with one attached hydrogen (secondary N) is 1. The summed E-state index contributed by atoms with van der Waals surface area (Å²) in [6.45, 7) is 0.394. The molecule has 7 nitrogen and oxygen atoms in total. The fourth-order valence-corrected chi connectivity index (χ4v) is 2.07. The molecule has 1 rings (SSSR count). The lowest BCUT2D eigenvalue weighted by atomic mass is 10.2. The maximum absolute atomic E-state index is 12.3. The fourth-order valence-electron chi connectivity index (χ4n) is 2.07. The van der Waals surface area contributed by atoms with Gasteiger partial charge in [-0.2, -0.15) is 0 Å². The molecule has 0 radical (unpaired) electrons. The number of carbonyl (C=O) groups excluding carboxylic acids is 3. The number of aliphatic hydroxyl groups excluding tert-OH is 1. The first-order valence-corrected chi connectivity index (χ1v) is 6.40. The van der Waals surface area contributed by atoms with E-state index in [4.69, 9.17) is 5.11 Å². The number of hydroxylamine groups is 3. The molecular weight excluding hydrogens is 264 g/mol. The van der Waals surface area contributed by atoms with E-state index in [9.17, 15) is 19.6 Å². The molecular formula is C13H18N2O5. The van der Waals surface area contributed by atoms with Gasteiger partial charge in [0.1, 0.15) is 12.5 Å². The van der Waals surface area contributed by atoms with Crippen molar-refractivity contribution in [3.8, 4) is 0 Å². The largest absolute Gasteiger partial charge is 0.620 e. The molecule has 7 heteroatoms. The van der Waals surface area contributed by atoms with Crippen LogP contribution in [0.5, 0.6) is 0 Å². The minimum Gasteiger partial charge on any atom is -0.620 e. The quantitative estimate of drug-likeness (QED) is 0.186. The topological polar surface area (TPSA) is 107 Å². The van der Waals surface area contributed by atoms with Crippen LogP contribution in [0.15, 0.2) is 24.1 Å². The number of nitrogens with zero attached hydrogens (tertiary/aromatic N) is 1. The van der Waals surface area contributed by atoms with Crippen molar-refractivity contribution < 1.29 is 24.1 Å². The average molecular weight is 282 g/mol. The van der Waals surface area contributed by atoms with Gasteiger partial charge in [-0.25, -0.2) is 4.79 Å². The Morgan fingerprint density at radius 1 is 1.45 bits per heavy atom. The third kappa shape index (κ3) is 4.01. The van der Waals surface area contributed by atoms with E-state index >= 15 is 0 Å². The molecule has 110 valence electrons. The van der Waals surface area contributed by atoms with Crippen molar-refractivity contribution >= 4 is 18.1 Å². The Labute approximate surface area is 116 Å². The van der Waals surface area contributed by atoms with Gasteiger partial charge < -0.3 is 15.6 Å². The van der Waals surface area contributed by atoms with E-state index in [0.29, 0.717) is 25.5 Å². The molecule has 1 atom stereocenters. The highest BCUT2D eigenvalue weighted by Crippen LogP contribution is 2.30. The first-order valence-electron chi connectivity index (χ1n) is 6.40.